The number of hydrogen-bond donors (Lipinski definition) is 3. The second-order valence-electron chi connectivity index (χ2n) is 25.6. The molecule has 14 nitrogen and oxygen atoms in total. The number of carbonyl (C=O) groups is 3. The highest BCUT2D eigenvalue weighted by atomic mass is 32.1. The zero-order valence-corrected chi connectivity index (χ0v) is 57.4. The van der Waals surface area contributed by atoms with Gasteiger partial charge in [0.05, 0.1) is 66.1 Å². The van der Waals surface area contributed by atoms with Crippen molar-refractivity contribution in [3.05, 3.63) is 249 Å². The normalized spacial score (nSPS) is 14.4. The Morgan fingerprint density at radius 3 is 1.40 bits per heavy atom. The number of carboxylic acids is 3. The number of hydrogen-bond acceptors (Lipinski definition) is 12. The summed E-state index contributed by atoms with van der Waals surface area (Å²) in [5.74, 6) is 0.371. The van der Waals surface area contributed by atoms with Gasteiger partial charge in [-0.2, -0.15) is 0 Å². The largest absolute Gasteiger partial charge is 0.490 e. The molecule has 0 unspecified atom stereocenters. The van der Waals surface area contributed by atoms with Gasteiger partial charge >= 0.3 is 17.9 Å². The van der Waals surface area contributed by atoms with Gasteiger partial charge in [-0.25, -0.2) is 29.3 Å². The van der Waals surface area contributed by atoms with Crippen LogP contribution < -0.4 is 14.2 Å². The summed E-state index contributed by atoms with van der Waals surface area (Å²) < 4.78 is 32.3. The predicted octanol–water partition coefficient (Wildman–Crippen LogP) is 21.8. The maximum absolute atomic E-state index is 12.5. The van der Waals surface area contributed by atoms with Crippen LogP contribution in [0.1, 0.15) is 141 Å². The van der Waals surface area contributed by atoms with E-state index in [4.69, 9.17) is 38.0 Å². The maximum atomic E-state index is 12.5. The minimum atomic E-state index is -1.04. The zero-order chi connectivity index (χ0) is 69.3. The Labute approximate surface area is 577 Å². The van der Waals surface area contributed by atoms with Gasteiger partial charge in [-0.05, 0) is 173 Å². The van der Waals surface area contributed by atoms with Crippen LogP contribution in [0.3, 0.4) is 0 Å². The van der Waals surface area contributed by atoms with Gasteiger partial charge in [-0.3, -0.25) is 0 Å². The fourth-order valence-corrected chi connectivity index (χ4v) is 14.7. The lowest BCUT2D eigenvalue weighted by atomic mass is 9.88. The van der Waals surface area contributed by atoms with Gasteiger partial charge in [-0.15, -0.1) is 11.3 Å². The van der Waals surface area contributed by atoms with E-state index < -0.39 is 17.9 Å². The summed E-state index contributed by atoms with van der Waals surface area (Å²) in [6.07, 6.45) is 4.79. The molecule has 8 aromatic carbocycles. The second kappa shape index (κ2) is 28.1. The molecule has 15 rings (SSSR count). The second-order valence-corrected chi connectivity index (χ2v) is 26.7. The number of furan rings is 2. The molecule has 1 aliphatic rings. The molecule has 4 atom stereocenters. The van der Waals surface area contributed by atoms with Crippen molar-refractivity contribution in [2.24, 2.45) is 5.92 Å². The molecule has 6 aromatic heterocycles. The Balaban J connectivity index is 0.000000133. The number of thiophene rings is 1. The van der Waals surface area contributed by atoms with E-state index >= 15 is 0 Å². The molecule has 3 N–H and O–H groups in total. The number of fused-ring (bicyclic) bond motifs is 6. The number of aromatic carboxylic acids is 3. The first kappa shape index (κ1) is 66.5. The van der Waals surface area contributed by atoms with E-state index in [2.05, 4.69) is 32.9 Å². The number of para-hydroxylation sites is 2. The summed E-state index contributed by atoms with van der Waals surface area (Å²) >= 11 is 1.67. The minimum absolute atomic E-state index is 0.121. The number of nitrogens with zero attached hydrogens (tertiary/aromatic N) is 3. The number of rotatable bonds is 15. The number of aromatic nitrogens is 3. The predicted molar refractivity (Wildman–Crippen MR) is 393 cm³/mol. The van der Waals surface area contributed by atoms with Crippen molar-refractivity contribution in [2.45, 2.75) is 113 Å². The molecule has 0 amide bonds. The van der Waals surface area contributed by atoms with Gasteiger partial charge in [0.2, 0.25) is 0 Å². The lowest BCUT2D eigenvalue weighted by Gasteiger charge is -2.28. The Hall–Kier alpha value is -11.2. The van der Waals surface area contributed by atoms with Crippen LogP contribution in [0.4, 0.5) is 0 Å². The van der Waals surface area contributed by atoms with Crippen molar-refractivity contribution in [2.75, 3.05) is 0 Å². The average molecular weight is 1330 g/mol. The Bertz CT molecular complexity index is 5190. The van der Waals surface area contributed by atoms with Gasteiger partial charge in [0.25, 0.3) is 0 Å². The number of pyridine rings is 3. The molecule has 15 heteroatoms. The number of carboxylic acid groups (broad SMARTS) is 3. The molecule has 0 radical (unpaired) electrons. The fourth-order valence-electron chi connectivity index (χ4n) is 13.6. The molecule has 99 heavy (non-hydrogen) atoms. The maximum Gasteiger partial charge on any atom is 0.336 e. The third-order valence-corrected chi connectivity index (χ3v) is 20.2. The van der Waals surface area contributed by atoms with Gasteiger partial charge < -0.3 is 38.4 Å². The molecule has 1 fully saturated rings. The van der Waals surface area contributed by atoms with Crippen LogP contribution in [0, 0.1) is 40.5 Å². The molecule has 0 aliphatic heterocycles. The van der Waals surface area contributed by atoms with E-state index in [0.717, 1.165) is 108 Å². The van der Waals surface area contributed by atoms with E-state index in [0.29, 0.717) is 73.3 Å². The van der Waals surface area contributed by atoms with Gasteiger partial charge in [0.1, 0.15) is 52.0 Å². The van der Waals surface area contributed by atoms with E-state index in [1.807, 2.05) is 199 Å². The summed E-state index contributed by atoms with van der Waals surface area (Å²) in [6.45, 7) is 18.1. The highest BCUT2D eigenvalue weighted by Gasteiger charge is 2.28. The third kappa shape index (κ3) is 13.3. The number of aryl methyl sites for hydroxylation is 6. The van der Waals surface area contributed by atoms with E-state index in [1.54, 1.807) is 29.5 Å². The van der Waals surface area contributed by atoms with Crippen LogP contribution in [0.5, 0.6) is 17.2 Å². The van der Waals surface area contributed by atoms with Crippen molar-refractivity contribution < 1.29 is 52.7 Å². The molecule has 1 saturated carbocycles. The van der Waals surface area contributed by atoms with Crippen LogP contribution in [-0.4, -0.2) is 54.3 Å². The smallest absolute Gasteiger partial charge is 0.336 e. The molecule has 0 saturated heterocycles. The van der Waals surface area contributed by atoms with Crippen LogP contribution in [0.2, 0.25) is 0 Å². The highest BCUT2D eigenvalue weighted by molar-refractivity contribution is 7.22. The molecule has 1 aliphatic carbocycles. The first-order valence-electron chi connectivity index (χ1n) is 33.4. The zero-order valence-electron chi connectivity index (χ0n) is 56.6. The van der Waals surface area contributed by atoms with Crippen molar-refractivity contribution in [1.29, 1.82) is 0 Å². The molecule has 6 heterocycles. The summed E-state index contributed by atoms with van der Waals surface area (Å²) in [7, 11) is 0. The Morgan fingerprint density at radius 1 is 0.505 bits per heavy atom. The highest BCUT2D eigenvalue weighted by Crippen LogP contribution is 2.44. The molecule has 0 bridgehead atoms. The standard InChI is InChI=1S/2C28H23NO4.C28H29NO3S/c2*1-16-13-14-24(32-18(3)19-9-5-4-6-10-19)25-21(28(30)31)15-22(29-26(16)25)27-17(2)20-11-7-8-12-23(20)33-27;1-4-18-12-13-23(32-19-9-7-8-16(2)14-19)25-21(28(30)31)15-22(29-26(18)25)27-17(3)20-10-5-6-11-24(20)33-27/h2*4-15,18H,1-3H3,(H,30,31);5-6,10-13,15-16,19H,4,7-9,14H2,1-3H3,(H,30,31)/t2*18-;16-,19+/m100/s1. The first-order valence-corrected chi connectivity index (χ1v) is 34.3. The summed E-state index contributed by atoms with van der Waals surface area (Å²) in [5, 5.41) is 35.2. The van der Waals surface area contributed by atoms with Crippen molar-refractivity contribution in [1.82, 2.24) is 15.0 Å². The van der Waals surface area contributed by atoms with Crippen molar-refractivity contribution in [3.8, 4) is 50.7 Å². The van der Waals surface area contributed by atoms with E-state index in [9.17, 15) is 29.7 Å². The van der Waals surface area contributed by atoms with E-state index in [1.165, 1.54) is 16.5 Å². The van der Waals surface area contributed by atoms with Gasteiger partial charge in [0, 0.05) is 26.6 Å². The van der Waals surface area contributed by atoms with E-state index in [-0.39, 0.29) is 35.0 Å². The molecule has 14 aromatic rings. The monoisotopic (exact) mass is 1330 g/mol. The van der Waals surface area contributed by atoms with Crippen molar-refractivity contribution in [3.63, 3.8) is 0 Å². The summed E-state index contributed by atoms with van der Waals surface area (Å²) in [6, 6.07) is 59.7. The Morgan fingerprint density at radius 2 is 0.939 bits per heavy atom. The van der Waals surface area contributed by atoms with Crippen LogP contribution >= 0.6 is 11.3 Å². The fraction of sp³-hybridized carbons (Fsp3) is 0.214. The lowest BCUT2D eigenvalue weighted by Crippen LogP contribution is -2.24. The van der Waals surface area contributed by atoms with Crippen LogP contribution in [0.15, 0.2) is 197 Å². The Kier molecular flexibility index (Phi) is 18.9. The van der Waals surface area contributed by atoms with Crippen LogP contribution in [0.25, 0.3) is 98.2 Å². The quantitative estimate of drug-likeness (QED) is 0.0874. The first-order chi connectivity index (χ1) is 47.8. The summed E-state index contributed by atoms with van der Waals surface area (Å²) in [4.78, 5) is 53.0. The molecule has 498 valence electrons. The molecular weight excluding hydrogens is 1260 g/mol. The van der Waals surface area contributed by atoms with Gasteiger partial charge in [-0.1, -0.05) is 154 Å². The topological polar surface area (TPSA) is 205 Å². The van der Waals surface area contributed by atoms with Crippen molar-refractivity contribution >= 4 is 94.0 Å². The third-order valence-electron chi connectivity index (χ3n) is 18.9. The summed E-state index contributed by atoms with van der Waals surface area (Å²) in [5.41, 5.74) is 13.4. The SMILES string of the molecule is CCc1ccc(O[C@@H]2CCC[C@H](C)C2)c2c(C(=O)O)cc(-c3sc4ccccc4c3C)nc12.Cc1c(-c2cc(C(=O)O)c3c(O[C@@H](C)c4ccccc4)ccc(C)c3n2)oc2ccccc12.Cc1c(-c2cc(C(=O)O)c3c(O[C@H](C)c4ccccc4)ccc(C)c3n2)oc2ccccc12. The molecular formula is C84H75N3O11S. The number of ether oxygens (including phenoxy) is 3. The lowest BCUT2D eigenvalue weighted by molar-refractivity contribution is 0.0687. The average Bonchev–Trinajstić information content (AvgIpc) is 1.74. The minimum Gasteiger partial charge on any atom is -0.490 e. The van der Waals surface area contributed by atoms with Crippen LogP contribution in [-0.2, 0) is 6.42 Å². The number of benzene rings is 8. The van der Waals surface area contributed by atoms with Gasteiger partial charge in [0.15, 0.2) is 11.5 Å². The molecule has 0 spiro atoms.